The first-order valence-corrected chi connectivity index (χ1v) is 6.92. The van der Waals surface area contributed by atoms with Crippen LogP contribution < -0.4 is 4.90 Å². The number of amides is 2. The van der Waals surface area contributed by atoms with Crippen LogP contribution in [0.25, 0.3) is 0 Å². The van der Waals surface area contributed by atoms with Gasteiger partial charge in [-0.1, -0.05) is 17.7 Å². The summed E-state index contributed by atoms with van der Waals surface area (Å²) >= 11 is 0. The molecule has 1 fully saturated rings. The number of hydrogen-bond donors (Lipinski definition) is 0. The molecule has 0 aromatic heterocycles. The molecule has 1 aromatic carbocycles. The van der Waals surface area contributed by atoms with Crippen molar-refractivity contribution in [3.63, 3.8) is 0 Å². The zero-order valence-electron chi connectivity index (χ0n) is 11.6. The van der Waals surface area contributed by atoms with Gasteiger partial charge in [-0.2, -0.15) is 0 Å². The average molecular weight is 260 g/mol. The molecule has 2 aliphatic heterocycles. The van der Waals surface area contributed by atoms with Gasteiger partial charge in [-0.05, 0) is 31.9 Å². The van der Waals surface area contributed by atoms with E-state index in [0.29, 0.717) is 26.3 Å². The van der Waals surface area contributed by atoms with Gasteiger partial charge in [-0.15, -0.1) is 0 Å². The van der Waals surface area contributed by atoms with Gasteiger partial charge in [-0.25, -0.2) is 4.79 Å². The van der Waals surface area contributed by atoms with Crippen molar-refractivity contribution in [1.82, 2.24) is 4.90 Å². The molecule has 0 spiro atoms. The number of anilines is 1. The Morgan fingerprint density at radius 1 is 1.32 bits per heavy atom. The van der Waals surface area contributed by atoms with Gasteiger partial charge < -0.3 is 9.64 Å². The number of rotatable bonds is 0. The first-order valence-electron chi connectivity index (χ1n) is 6.92. The molecule has 102 valence electrons. The number of urea groups is 1. The van der Waals surface area contributed by atoms with Crippen LogP contribution in [0.5, 0.6) is 0 Å². The van der Waals surface area contributed by atoms with E-state index in [0.717, 1.165) is 12.1 Å². The van der Waals surface area contributed by atoms with Gasteiger partial charge in [-0.3, -0.25) is 4.90 Å². The highest BCUT2D eigenvalue weighted by Gasteiger charge is 2.33. The quantitative estimate of drug-likeness (QED) is 0.716. The summed E-state index contributed by atoms with van der Waals surface area (Å²) in [7, 11) is 0. The second-order valence-corrected chi connectivity index (χ2v) is 5.44. The third-order valence-electron chi connectivity index (χ3n) is 3.94. The lowest BCUT2D eigenvalue weighted by molar-refractivity contribution is 0.0546. The molecule has 1 saturated heterocycles. The number of benzene rings is 1. The first-order chi connectivity index (χ1) is 9.16. The van der Waals surface area contributed by atoms with Crippen LogP contribution in [0.1, 0.15) is 18.1 Å². The Kier molecular flexibility index (Phi) is 3.19. The molecule has 4 heteroatoms. The molecule has 2 amide bonds. The smallest absolute Gasteiger partial charge is 0.324 e. The molecule has 0 radical (unpaired) electrons. The molecule has 0 aliphatic carbocycles. The summed E-state index contributed by atoms with van der Waals surface area (Å²) in [6, 6.07) is 6.71. The van der Waals surface area contributed by atoms with Crippen LogP contribution in [-0.2, 0) is 11.2 Å². The normalized spacial score (nSPS) is 22.5. The Morgan fingerprint density at radius 3 is 2.79 bits per heavy atom. The zero-order chi connectivity index (χ0) is 13.4. The Bertz CT molecular complexity index is 495. The predicted molar refractivity (Wildman–Crippen MR) is 74.6 cm³/mol. The standard InChI is InChI=1S/C15H20N2O2/c1-11-3-4-14-13(9-11)10-12(2)17(14)15(18)16-5-7-19-8-6-16/h3-4,9,12H,5-8,10H2,1-2H3. The van der Waals surface area contributed by atoms with Crippen LogP contribution in [0.15, 0.2) is 18.2 Å². The minimum Gasteiger partial charge on any atom is -0.378 e. The number of ether oxygens (including phenoxy) is 1. The molecule has 0 bridgehead atoms. The Morgan fingerprint density at radius 2 is 2.05 bits per heavy atom. The highest BCUT2D eigenvalue weighted by atomic mass is 16.5. The van der Waals surface area contributed by atoms with Gasteiger partial charge in [0.05, 0.1) is 13.2 Å². The van der Waals surface area contributed by atoms with Crippen molar-refractivity contribution in [1.29, 1.82) is 0 Å². The van der Waals surface area contributed by atoms with Gasteiger partial charge in [0.1, 0.15) is 0 Å². The largest absolute Gasteiger partial charge is 0.378 e. The summed E-state index contributed by atoms with van der Waals surface area (Å²) in [4.78, 5) is 16.5. The number of aryl methyl sites for hydroxylation is 1. The highest BCUT2D eigenvalue weighted by Crippen LogP contribution is 2.33. The molecule has 1 atom stereocenters. The molecular formula is C15H20N2O2. The predicted octanol–water partition coefficient (Wildman–Crippen LogP) is 2.20. The summed E-state index contributed by atoms with van der Waals surface area (Å²) in [6.45, 7) is 6.90. The van der Waals surface area contributed by atoms with Crippen LogP contribution in [0.3, 0.4) is 0 Å². The molecular weight excluding hydrogens is 240 g/mol. The molecule has 1 unspecified atom stereocenters. The van der Waals surface area contributed by atoms with E-state index in [1.165, 1.54) is 11.1 Å². The summed E-state index contributed by atoms with van der Waals surface area (Å²) in [5.41, 5.74) is 3.62. The molecule has 1 aromatic rings. The molecule has 19 heavy (non-hydrogen) atoms. The lowest BCUT2D eigenvalue weighted by atomic mass is 10.1. The fourth-order valence-corrected chi connectivity index (χ4v) is 2.96. The number of hydrogen-bond acceptors (Lipinski definition) is 2. The topological polar surface area (TPSA) is 32.8 Å². The van der Waals surface area contributed by atoms with Crippen molar-refractivity contribution < 1.29 is 9.53 Å². The summed E-state index contributed by atoms with van der Waals surface area (Å²) < 4.78 is 5.31. The fraction of sp³-hybridized carbons (Fsp3) is 0.533. The number of fused-ring (bicyclic) bond motifs is 1. The fourth-order valence-electron chi connectivity index (χ4n) is 2.96. The second-order valence-electron chi connectivity index (χ2n) is 5.44. The van der Waals surface area contributed by atoms with Gasteiger partial charge in [0.15, 0.2) is 0 Å². The molecule has 0 saturated carbocycles. The molecule has 2 aliphatic rings. The Labute approximate surface area is 113 Å². The van der Waals surface area contributed by atoms with E-state index in [-0.39, 0.29) is 12.1 Å². The monoisotopic (exact) mass is 260 g/mol. The molecule has 3 rings (SSSR count). The van der Waals surface area contributed by atoms with E-state index in [1.807, 2.05) is 9.80 Å². The number of carbonyl (C=O) groups excluding carboxylic acids is 1. The minimum absolute atomic E-state index is 0.124. The maximum absolute atomic E-state index is 12.7. The number of carbonyl (C=O) groups is 1. The third-order valence-corrected chi connectivity index (χ3v) is 3.94. The van der Waals surface area contributed by atoms with E-state index in [2.05, 4.69) is 32.0 Å². The second kappa shape index (κ2) is 4.85. The van der Waals surface area contributed by atoms with Crippen LogP contribution in [-0.4, -0.2) is 43.3 Å². The average Bonchev–Trinajstić information content (AvgIpc) is 2.74. The zero-order valence-corrected chi connectivity index (χ0v) is 11.6. The summed E-state index contributed by atoms with van der Waals surface area (Å²) in [6.07, 6.45) is 0.951. The summed E-state index contributed by atoms with van der Waals surface area (Å²) in [5.74, 6) is 0. The number of nitrogens with zero attached hydrogens (tertiary/aromatic N) is 2. The van der Waals surface area contributed by atoms with E-state index >= 15 is 0 Å². The minimum atomic E-state index is 0.124. The summed E-state index contributed by atoms with van der Waals surface area (Å²) in [5, 5.41) is 0. The van der Waals surface area contributed by atoms with Crippen LogP contribution in [0.4, 0.5) is 10.5 Å². The van der Waals surface area contributed by atoms with E-state index in [4.69, 9.17) is 4.74 Å². The maximum atomic E-state index is 12.7. The van der Waals surface area contributed by atoms with E-state index in [1.54, 1.807) is 0 Å². The molecule has 0 N–H and O–H groups in total. The highest BCUT2D eigenvalue weighted by molar-refractivity contribution is 5.95. The molecule has 2 heterocycles. The van der Waals surface area contributed by atoms with Crippen molar-refractivity contribution >= 4 is 11.7 Å². The third kappa shape index (κ3) is 2.21. The number of morpholine rings is 1. The first kappa shape index (κ1) is 12.5. The van der Waals surface area contributed by atoms with Gasteiger partial charge >= 0.3 is 6.03 Å². The van der Waals surface area contributed by atoms with Crippen molar-refractivity contribution in [2.24, 2.45) is 0 Å². The van der Waals surface area contributed by atoms with Gasteiger partial charge in [0.25, 0.3) is 0 Å². The van der Waals surface area contributed by atoms with Gasteiger partial charge in [0, 0.05) is 24.8 Å². The van der Waals surface area contributed by atoms with Crippen LogP contribution >= 0.6 is 0 Å². The van der Waals surface area contributed by atoms with Crippen molar-refractivity contribution in [3.8, 4) is 0 Å². The van der Waals surface area contributed by atoms with Crippen molar-refractivity contribution in [2.45, 2.75) is 26.3 Å². The van der Waals surface area contributed by atoms with Crippen LogP contribution in [0, 0.1) is 6.92 Å². The van der Waals surface area contributed by atoms with Crippen molar-refractivity contribution in [3.05, 3.63) is 29.3 Å². The lowest BCUT2D eigenvalue weighted by Crippen LogP contribution is -2.50. The van der Waals surface area contributed by atoms with E-state index in [9.17, 15) is 4.79 Å². The van der Waals surface area contributed by atoms with E-state index < -0.39 is 0 Å². The Balaban J connectivity index is 1.86. The van der Waals surface area contributed by atoms with Gasteiger partial charge in [0.2, 0.25) is 0 Å². The maximum Gasteiger partial charge on any atom is 0.324 e. The molecule has 4 nitrogen and oxygen atoms in total. The van der Waals surface area contributed by atoms with Crippen LogP contribution in [0.2, 0.25) is 0 Å². The lowest BCUT2D eigenvalue weighted by Gasteiger charge is -2.33. The van der Waals surface area contributed by atoms with Crippen molar-refractivity contribution in [2.75, 3.05) is 31.2 Å². The SMILES string of the molecule is Cc1ccc2c(c1)CC(C)N2C(=O)N1CCOCC1. The Hall–Kier alpha value is -1.55.